The van der Waals surface area contributed by atoms with Gasteiger partial charge in [-0.3, -0.25) is 4.98 Å². The number of hydrogen-bond acceptors (Lipinski definition) is 4. The van der Waals surface area contributed by atoms with Gasteiger partial charge in [-0.2, -0.15) is 0 Å². The second-order valence-electron chi connectivity index (χ2n) is 4.24. The molecule has 0 spiro atoms. The van der Waals surface area contributed by atoms with Crippen molar-refractivity contribution in [1.82, 2.24) is 15.3 Å². The number of nitrogens with one attached hydrogen (secondary N) is 1. The Morgan fingerprint density at radius 2 is 2.12 bits per heavy atom. The first-order chi connectivity index (χ1) is 8.26. The topological polar surface area (TPSA) is 47.0 Å². The van der Waals surface area contributed by atoms with Gasteiger partial charge >= 0.3 is 0 Å². The Morgan fingerprint density at radius 3 is 2.82 bits per heavy atom. The summed E-state index contributed by atoms with van der Waals surface area (Å²) in [6.07, 6.45) is 6.94. The molecule has 4 heteroatoms. The largest absolute Gasteiger partial charge is 0.474 e. The first-order valence-electron chi connectivity index (χ1n) is 6.44. The van der Waals surface area contributed by atoms with Crippen molar-refractivity contribution >= 4 is 0 Å². The standard InChI is InChI=1S/C13H23N3O/c1-4-6-11(3)17-13-10-15-9-12(16-13)8-14-7-5-2/h9-11,14H,4-8H2,1-3H3. The number of rotatable bonds is 8. The molecule has 1 aromatic heterocycles. The minimum atomic E-state index is 0.202. The highest BCUT2D eigenvalue weighted by atomic mass is 16.5. The fraction of sp³-hybridized carbons (Fsp3) is 0.692. The first kappa shape index (κ1) is 13.9. The second-order valence-corrected chi connectivity index (χ2v) is 4.24. The van der Waals surface area contributed by atoms with Gasteiger partial charge in [-0.1, -0.05) is 20.3 Å². The van der Waals surface area contributed by atoms with Crippen LogP contribution in [0.5, 0.6) is 5.88 Å². The van der Waals surface area contributed by atoms with E-state index in [4.69, 9.17) is 4.74 Å². The molecule has 17 heavy (non-hydrogen) atoms. The lowest BCUT2D eigenvalue weighted by Crippen LogP contribution is -2.16. The van der Waals surface area contributed by atoms with Crippen LogP contribution >= 0.6 is 0 Å². The SMILES string of the molecule is CCCNCc1cncc(OC(C)CCC)n1. The summed E-state index contributed by atoms with van der Waals surface area (Å²) in [5, 5.41) is 3.30. The van der Waals surface area contributed by atoms with E-state index in [1.54, 1.807) is 12.4 Å². The normalized spacial score (nSPS) is 12.4. The minimum Gasteiger partial charge on any atom is -0.474 e. The van der Waals surface area contributed by atoms with Crippen LogP contribution in [0.15, 0.2) is 12.4 Å². The molecule has 0 saturated heterocycles. The molecule has 1 unspecified atom stereocenters. The lowest BCUT2D eigenvalue weighted by atomic mass is 10.2. The Hall–Kier alpha value is -1.16. The predicted octanol–water partition coefficient (Wildman–Crippen LogP) is 2.54. The summed E-state index contributed by atoms with van der Waals surface area (Å²) in [5.41, 5.74) is 0.930. The molecule has 1 heterocycles. The van der Waals surface area contributed by atoms with Gasteiger partial charge in [0, 0.05) is 12.7 Å². The molecule has 1 atom stereocenters. The molecule has 4 nitrogen and oxygen atoms in total. The van der Waals surface area contributed by atoms with Gasteiger partial charge in [0.25, 0.3) is 0 Å². The van der Waals surface area contributed by atoms with Gasteiger partial charge in [0.2, 0.25) is 5.88 Å². The first-order valence-corrected chi connectivity index (χ1v) is 6.44. The number of nitrogens with zero attached hydrogens (tertiary/aromatic N) is 2. The summed E-state index contributed by atoms with van der Waals surface area (Å²) in [7, 11) is 0. The number of aromatic nitrogens is 2. The maximum Gasteiger partial charge on any atom is 0.232 e. The zero-order chi connectivity index (χ0) is 12.5. The Morgan fingerprint density at radius 1 is 1.29 bits per heavy atom. The molecule has 0 aliphatic rings. The average Bonchev–Trinajstić information content (AvgIpc) is 2.30. The van der Waals surface area contributed by atoms with Crippen molar-refractivity contribution in [3.05, 3.63) is 18.1 Å². The maximum absolute atomic E-state index is 5.70. The van der Waals surface area contributed by atoms with E-state index in [0.717, 1.165) is 38.0 Å². The summed E-state index contributed by atoms with van der Waals surface area (Å²) >= 11 is 0. The van der Waals surface area contributed by atoms with Crippen LogP contribution in [0, 0.1) is 0 Å². The zero-order valence-corrected chi connectivity index (χ0v) is 11.1. The summed E-state index contributed by atoms with van der Waals surface area (Å²) in [6.45, 7) is 8.10. The molecule has 0 aromatic carbocycles. The molecule has 0 aliphatic carbocycles. The van der Waals surface area contributed by atoms with Crippen molar-refractivity contribution in [1.29, 1.82) is 0 Å². The summed E-state index contributed by atoms with van der Waals surface area (Å²) < 4.78 is 5.70. The van der Waals surface area contributed by atoms with Gasteiger partial charge in [0.05, 0.1) is 18.0 Å². The van der Waals surface area contributed by atoms with Crippen molar-refractivity contribution in [2.24, 2.45) is 0 Å². The summed E-state index contributed by atoms with van der Waals surface area (Å²) in [5.74, 6) is 0.627. The van der Waals surface area contributed by atoms with Crippen LogP contribution in [-0.2, 0) is 6.54 Å². The van der Waals surface area contributed by atoms with Crippen molar-refractivity contribution in [2.75, 3.05) is 6.54 Å². The van der Waals surface area contributed by atoms with E-state index < -0.39 is 0 Å². The molecule has 1 rings (SSSR count). The van der Waals surface area contributed by atoms with Crippen LogP contribution < -0.4 is 10.1 Å². The van der Waals surface area contributed by atoms with E-state index >= 15 is 0 Å². The molecule has 0 radical (unpaired) electrons. The van der Waals surface area contributed by atoms with Crippen molar-refractivity contribution in [2.45, 2.75) is 52.7 Å². The van der Waals surface area contributed by atoms with E-state index in [1.165, 1.54) is 0 Å². The Labute approximate surface area is 104 Å². The van der Waals surface area contributed by atoms with Crippen LogP contribution in [0.1, 0.15) is 45.7 Å². The Bertz CT molecular complexity index is 317. The lowest BCUT2D eigenvalue weighted by Gasteiger charge is -2.13. The highest BCUT2D eigenvalue weighted by Gasteiger charge is 2.05. The monoisotopic (exact) mass is 237 g/mol. The van der Waals surface area contributed by atoms with E-state index in [2.05, 4.69) is 36.1 Å². The van der Waals surface area contributed by atoms with Crippen molar-refractivity contribution in [3.63, 3.8) is 0 Å². The van der Waals surface area contributed by atoms with E-state index in [0.29, 0.717) is 5.88 Å². The van der Waals surface area contributed by atoms with Crippen molar-refractivity contribution in [3.8, 4) is 5.88 Å². The molecule has 1 N–H and O–H groups in total. The van der Waals surface area contributed by atoms with Gasteiger partial charge < -0.3 is 10.1 Å². The number of ether oxygens (including phenoxy) is 1. The van der Waals surface area contributed by atoms with Gasteiger partial charge in [-0.15, -0.1) is 0 Å². The Kier molecular flexibility index (Phi) is 6.55. The molecular weight excluding hydrogens is 214 g/mol. The van der Waals surface area contributed by atoms with E-state index in [9.17, 15) is 0 Å². The smallest absolute Gasteiger partial charge is 0.232 e. The van der Waals surface area contributed by atoms with Gasteiger partial charge in [-0.05, 0) is 26.3 Å². The molecule has 96 valence electrons. The third-order valence-electron chi connectivity index (χ3n) is 2.41. The molecule has 0 fully saturated rings. The minimum absolute atomic E-state index is 0.202. The molecule has 0 amide bonds. The summed E-state index contributed by atoms with van der Waals surface area (Å²) in [4.78, 5) is 8.57. The van der Waals surface area contributed by atoms with Gasteiger partial charge in [0.1, 0.15) is 0 Å². The van der Waals surface area contributed by atoms with Crippen molar-refractivity contribution < 1.29 is 4.74 Å². The molecule has 1 aromatic rings. The predicted molar refractivity (Wildman–Crippen MR) is 69.0 cm³/mol. The molecular formula is C13H23N3O. The number of hydrogen-bond donors (Lipinski definition) is 1. The Balaban J connectivity index is 2.47. The second kappa shape index (κ2) is 8.01. The highest BCUT2D eigenvalue weighted by Crippen LogP contribution is 2.10. The maximum atomic E-state index is 5.70. The van der Waals surface area contributed by atoms with Crippen LogP contribution in [0.4, 0.5) is 0 Å². The lowest BCUT2D eigenvalue weighted by molar-refractivity contribution is 0.200. The molecule has 0 aliphatic heterocycles. The fourth-order valence-electron chi connectivity index (χ4n) is 1.59. The van der Waals surface area contributed by atoms with Gasteiger partial charge in [0.15, 0.2) is 0 Å². The van der Waals surface area contributed by atoms with Crippen LogP contribution in [0.2, 0.25) is 0 Å². The summed E-state index contributed by atoms with van der Waals surface area (Å²) in [6, 6.07) is 0. The van der Waals surface area contributed by atoms with Crippen LogP contribution in [0.3, 0.4) is 0 Å². The van der Waals surface area contributed by atoms with E-state index in [-0.39, 0.29) is 6.10 Å². The van der Waals surface area contributed by atoms with E-state index in [1.807, 2.05) is 0 Å². The van der Waals surface area contributed by atoms with Crippen LogP contribution in [-0.4, -0.2) is 22.6 Å². The fourth-order valence-corrected chi connectivity index (χ4v) is 1.59. The highest BCUT2D eigenvalue weighted by molar-refractivity contribution is 5.08. The third-order valence-corrected chi connectivity index (χ3v) is 2.41. The molecule has 0 bridgehead atoms. The quantitative estimate of drug-likeness (QED) is 0.706. The third kappa shape index (κ3) is 5.63. The van der Waals surface area contributed by atoms with Gasteiger partial charge in [-0.25, -0.2) is 4.98 Å². The zero-order valence-electron chi connectivity index (χ0n) is 11.1. The molecule has 0 saturated carbocycles. The van der Waals surface area contributed by atoms with Crippen LogP contribution in [0.25, 0.3) is 0 Å². The average molecular weight is 237 g/mol.